The van der Waals surface area contributed by atoms with E-state index in [9.17, 15) is 4.79 Å². The molecule has 1 aliphatic rings. The minimum Gasteiger partial charge on any atom is -0.384 e. The number of aryl methyl sites for hydroxylation is 1. The third kappa shape index (κ3) is 3.73. The average Bonchev–Trinajstić information content (AvgIpc) is 2.61. The van der Waals surface area contributed by atoms with Crippen molar-refractivity contribution in [1.82, 2.24) is 4.90 Å². The highest BCUT2D eigenvalue weighted by molar-refractivity contribution is 5.77. The van der Waals surface area contributed by atoms with E-state index in [1.807, 2.05) is 11.0 Å². The van der Waals surface area contributed by atoms with Gasteiger partial charge in [-0.25, -0.2) is 0 Å². The van der Waals surface area contributed by atoms with Crippen LogP contribution in [0, 0.1) is 0 Å². The van der Waals surface area contributed by atoms with Gasteiger partial charge in [-0.15, -0.1) is 0 Å². The van der Waals surface area contributed by atoms with Crippen LogP contribution < -0.4 is 5.32 Å². The zero-order chi connectivity index (χ0) is 16.1. The number of nitrogens with one attached hydrogen (secondary N) is 1. The molecule has 0 atom stereocenters. The highest BCUT2D eigenvalue weighted by Crippen LogP contribution is 2.19. The van der Waals surface area contributed by atoms with Crippen molar-refractivity contribution in [2.75, 3.05) is 18.4 Å². The molecule has 0 saturated carbocycles. The van der Waals surface area contributed by atoms with Crippen LogP contribution in [0.2, 0.25) is 0 Å². The molecule has 1 aliphatic heterocycles. The molecule has 1 N–H and O–H groups in total. The van der Waals surface area contributed by atoms with Gasteiger partial charge in [0.25, 0.3) is 0 Å². The number of carbonyl (C=O) groups is 1. The number of nitrogens with zero attached hydrogens (tertiary/aromatic N) is 1. The first-order chi connectivity index (χ1) is 11.3. The van der Waals surface area contributed by atoms with E-state index < -0.39 is 0 Å². The van der Waals surface area contributed by atoms with E-state index >= 15 is 0 Å². The van der Waals surface area contributed by atoms with Crippen LogP contribution in [-0.2, 0) is 24.2 Å². The summed E-state index contributed by atoms with van der Waals surface area (Å²) in [7, 11) is 0. The Kier molecular flexibility index (Phi) is 4.96. The minimum atomic E-state index is 0.237. The molecule has 3 nitrogen and oxygen atoms in total. The van der Waals surface area contributed by atoms with Crippen LogP contribution in [0.15, 0.2) is 48.5 Å². The number of rotatable bonds is 5. The molecule has 3 heteroatoms. The van der Waals surface area contributed by atoms with Gasteiger partial charge in [0.1, 0.15) is 0 Å². The first-order valence-electron chi connectivity index (χ1n) is 8.44. The molecule has 0 unspecified atom stereocenters. The van der Waals surface area contributed by atoms with E-state index in [0.29, 0.717) is 13.0 Å². The molecule has 120 valence electrons. The topological polar surface area (TPSA) is 32.3 Å². The van der Waals surface area contributed by atoms with E-state index in [1.165, 1.54) is 16.7 Å². The lowest BCUT2D eigenvalue weighted by Crippen LogP contribution is -2.36. The maximum Gasteiger partial charge on any atom is 0.224 e. The summed E-state index contributed by atoms with van der Waals surface area (Å²) in [6, 6.07) is 16.7. The van der Waals surface area contributed by atoms with Gasteiger partial charge in [-0.1, -0.05) is 49.4 Å². The summed E-state index contributed by atoms with van der Waals surface area (Å²) >= 11 is 0. The number of hydrogen-bond acceptors (Lipinski definition) is 2. The number of para-hydroxylation sites is 1. The second kappa shape index (κ2) is 7.32. The molecule has 0 radical (unpaired) electrons. The Morgan fingerprint density at radius 1 is 1.09 bits per heavy atom. The summed E-state index contributed by atoms with van der Waals surface area (Å²) < 4.78 is 0. The number of fused-ring (bicyclic) bond motifs is 1. The molecule has 2 aromatic carbocycles. The van der Waals surface area contributed by atoms with Crippen molar-refractivity contribution < 1.29 is 4.79 Å². The van der Waals surface area contributed by atoms with Crippen LogP contribution in [0.5, 0.6) is 0 Å². The zero-order valence-corrected chi connectivity index (χ0v) is 13.7. The van der Waals surface area contributed by atoms with Crippen LogP contribution >= 0.6 is 0 Å². The van der Waals surface area contributed by atoms with E-state index in [4.69, 9.17) is 0 Å². The number of benzene rings is 2. The Hall–Kier alpha value is -2.29. The molecular weight excluding hydrogens is 284 g/mol. The van der Waals surface area contributed by atoms with Gasteiger partial charge in [0.05, 0.1) is 0 Å². The monoisotopic (exact) mass is 308 g/mol. The molecule has 1 amide bonds. The maximum atomic E-state index is 12.4. The fourth-order valence-corrected chi connectivity index (χ4v) is 3.17. The van der Waals surface area contributed by atoms with Crippen molar-refractivity contribution in [2.24, 2.45) is 0 Å². The highest BCUT2D eigenvalue weighted by Gasteiger charge is 2.19. The predicted molar refractivity (Wildman–Crippen MR) is 94.5 cm³/mol. The Morgan fingerprint density at radius 3 is 2.65 bits per heavy atom. The lowest BCUT2D eigenvalue weighted by Gasteiger charge is -2.29. The molecule has 2 aromatic rings. The normalized spacial score (nSPS) is 13.5. The molecule has 3 rings (SSSR count). The summed E-state index contributed by atoms with van der Waals surface area (Å²) in [6.45, 7) is 4.42. The second-order valence-corrected chi connectivity index (χ2v) is 6.02. The molecule has 0 fully saturated rings. The Labute approximate surface area is 138 Å². The summed E-state index contributed by atoms with van der Waals surface area (Å²) in [5.41, 5.74) is 5.11. The first kappa shape index (κ1) is 15.6. The van der Waals surface area contributed by atoms with Crippen LogP contribution in [0.25, 0.3) is 0 Å². The van der Waals surface area contributed by atoms with Gasteiger partial charge in [-0.3, -0.25) is 4.79 Å². The van der Waals surface area contributed by atoms with Crippen molar-refractivity contribution in [3.05, 3.63) is 65.2 Å². The largest absolute Gasteiger partial charge is 0.384 e. The zero-order valence-electron chi connectivity index (χ0n) is 13.7. The molecule has 0 aliphatic carbocycles. The van der Waals surface area contributed by atoms with Gasteiger partial charge in [-0.05, 0) is 35.6 Å². The van der Waals surface area contributed by atoms with Crippen molar-refractivity contribution >= 4 is 11.6 Å². The second-order valence-electron chi connectivity index (χ2n) is 6.02. The van der Waals surface area contributed by atoms with Crippen LogP contribution in [0.4, 0.5) is 5.69 Å². The Bertz CT molecular complexity index is 681. The van der Waals surface area contributed by atoms with Crippen LogP contribution in [-0.4, -0.2) is 23.9 Å². The summed E-state index contributed by atoms with van der Waals surface area (Å²) in [6.07, 6.45) is 2.51. The maximum absolute atomic E-state index is 12.4. The van der Waals surface area contributed by atoms with Gasteiger partial charge < -0.3 is 10.2 Å². The SMILES string of the molecule is CCc1ccccc1NCCC(=O)N1CCc2ccccc2C1. The van der Waals surface area contributed by atoms with E-state index in [0.717, 1.165) is 31.6 Å². The molecular formula is C20H24N2O. The molecule has 1 heterocycles. The number of anilines is 1. The smallest absolute Gasteiger partial charge is 0.224 e. The van der Waals surface area contributed by atoms with E-state index in [2.05, 4.69) is 54.7 Å². The van der Waals surface area contributed by atoms with Crippen molar-refractivity contribution in [3.8, 4) is 0 Å². The first-order valence-corrected chi connectivity index (χ1v) is 8.44. The summed E-state index contributed by atoms with van der Waals surface area (Å²) in [4.78, 5) is 14.4. The predicted octanol–water partition coefficient (Wildman–Crippen LogP) is 3.64. The number of carbonyl (C=O) groups excluding carboxylic acids is 1. The van der Waals surface area contributed by atoms with Crippen molar-refractivity contribution in [3.63, 3.8) is 0 Å². The van der Waals surface area contributed by atoms with Gasteiger partial charge >= 0.3 is 0 Å². The highest BCUT2D eigenvalue weighted by atomic mass is 16.2. The third-order valence-corrected chi connectivity index (χ3v) is 4.54. The number of hydrogen-bond donors (Lipinski definition) is 1. The lowest BCUT2D eigenvalue weighted by atomic mass is 10.00. The van der Waals surface area contributed by atoms with E-state index in [1.54, 1.807) is 0 Å². The van der Waals surface area contributed by atoms with Gasteiger partial charge in [-0.2, -0.15) is 0 Å². The fraction of sp³-hybridized carbons (Fsp3) is 0.350. The molecule has 23 heavy (non-hydrogen) atoms. The van der Waals surface area contributed by atoms with Crippen molar-refractivity contribution in [2.45, 2.75) is 32.7 Å². The average molecular weight is 308 g/mol. The molecule has 0 spiro atoms. The molecule has 0 bridgehead atoms. The quantitative estimate of drug-likeness (QED) is 0.914. The van der Waals surface area contributed by atoms with E-state index in [-0.39, 0.29) is 5.91 Å². The lowest BCUT2D eigenvalue weighted by molar-refractivity contribution is -0.131. The van der Waals surface area contributed by atoms with Crippen molar-refractivity contribution in [1.29, 1.82) is 0 Å². The summed E-state index contributed by atoms with van der Waals surface area (Å²) in [5.74, 6) is 0.237. The van der Waals surface area contributed by atoms with Crippen LogP contribution in [0.3, 0.4) is 0 Å². The summed E-state index contributed by atoms with van der Waals surface area (Å²) in [5, 5.41) is 3.41. The third-order valence-electron chi connectivity index (χ3n) is 4.54. The van der Waals surface area contributed by atoms with Gasteiger partial charge in [0.15, 0.2) is 0 Å². The standard InChI is InChI=1S/C20H24N2O/c1-2-16-7-5-6-10-19(16)21-13-11-20(23)22-14-12-17-8-3-4-9-18(17)15-22/h3-10,21H,2,11-15H2,1H3. The van der Waals surface area contributed by atoms with Gasteiger partial charge in [0.2, 0.25) is 5.91 Å². The molecule has 0 saturated heterocycles. The Morgan fingerprint density at radius 2 is 1.83 bits per heavy atom. The van der Waals surface area contributed by atoms with Gasteiger partial charge in [0, 0.05) is 31.7 Å². The number of amides is 1. The molecule has 0 aromatic heterocycles. The van der Waals surface area contributed by atoms with Crippen LogP contribution in [0.1, 0.15) is 30.0 Å². The Balaban J connectivity index is 1.52. The minimum absolute atomic E-state index is 0.237. The fourth-order valence-electron chi connectivity index (χ4n) is 3.17.